The number of quaternary nitrogens is 1. The summed E-state index contributed by atoms with van der Waals surface area (Å²) in [7, 11) is 1.73. The molecule has 1 aliphatic rings. The molecular formula is C16H26NO+. The molecule has 1 fully saturated rings. The van der Waals surface area contributed by atoms with Crippen molar-refractivity contribution < 1.29 is 10.1 Å². The molecule has 0 aromatic heterocycles. The number of hydrogen-bond acceptors (Lipinski definition) is 1. The molecule has 0 saturated heterocycles. The topological polar surface area (TPSA) is 25.8 Å². The second-order valence-corrected chi connectivity index (χ2v) is 5.67. The molecule has 18 heavy (non-hydrogen) atoms. The second kappa shape index (κ2) is 6.24. The number of nitrogens with two attached hydrogens (primary N) is 1. The Hall–Kier alpha value is -1.02. The minimum absolute atomic E-state index is 0.821. The summed E-state index contributed by atoms with van der Waals surface area (Å²) < 4.78 is 5.30. The van der Waals surface area contributed by atoms with E-state index in [0.717, 1.165) is 24.3 Å². The molecule has 0 unspecified atom stereocenters. The van der Waals surface area contributed by atoms with E-state index >= 15 is 0 Å². The van der Waals surface area contributed by atoms with Gasteiger partial charge in [-0.15, -0.1) is 0 Å². The van der Waals surface area contributed by atoms with Crippen molar-refractivity contribution in [3.8, 4) is 5.75 Å². The van der Waals surface area contributed by atoms with Gasteiger partial charge >= 0.3 is 0 Å². The van der Waals surface area contributed by atoms with Crippen LogP contribution in [-0.4, -0.2) is 13.2 Å². The zero-order valence-corrected chi connectivity index (χ0v) is 11.9. The Balaban J connectivity index is 1.91. The monoisotopic (exact) mass is 248 g/mol. The summed E-state index contributed by atoms with van der Waals surface area (Å²) >= 11 is 0. The summed E-state index contributed by atoms with van der Waals surface area (Å²) in [4.78, 5) is 0. The quantitative estimate of drug-likeness (QED) is 0.871. The molecule has 1 aromatic carbocycles. The maximum atomic E-state index is 5.30. The van der Waals surface area contributed by atoms with Crippen molar-refractivity contribution in [1.82, 2.24) is 0 Å². The van der Waals surface area contributed by atoms with Gasteiger partial charge in [0.1, 0.15) is 12.3 Å². The van der Waals surface area contributed by atoms with Crippen LogP contribution in [0.25, 0.3) is 0 Å². The number of ether oxygens (including phenoxy) is 1. The molecule has 2 rings (SSSR count). The molecule has 0 aliphatic heterocycles. The van der Waals surface area contributed by atoms with Gasteiger partial charge in [0.25, 0.3) is 0 Å². The van der Waals surface area contributed by atoms with Crippen LogP contribution in [0.5, 0.6) is 5.75 Å². The lowest BCUT2D eigenvalue weighted by molar-refractivity contribution is -0.712. The third-order valence-corrected chi connectivity index (χ3v) is 4.29. The van der Waals surface area contributed by atoms with Crippen molar-refractivity contribution >= 4 is 0 Å². The van der Waals surface area contributed by atoms with E-state index in [1.165, 1.54) is 36.8 Å². The molecular weight excluding hydrogens is 222 g/mol. The fourth-order valence-electron chi connectivity index (χ4n) is 3.05. The van der Waals surface area contributed by atoms with Crippen molar-refractivity contribution in [2.75, 3.05) is 7.11 Å². The average molecular weight is 248 g/mol. The van der Waals surface area contributed by atoms with Crippen LogP contribution >= 0.6 is 0 Å². The molecule has 2 atom stereocenters. The van der Waals surface area contributed by atoms with Crippen molar-refractivity contribution in [3.63, 3.8) is 0 Å². The highest BCUT2D eigenvalue weighted by Gasteiger charge is 2.23. The first-order chi connectivity index (χ1) is 8.70. The van der Waals surface area contributed by atoms with E-state index in [4.69, 9.17) is 4.74 Å². The third-order valence-electron chi connectivity index (χ3n) is 4.29. The number of methoxy groups -OCH3 is 1. The summed E-state index contributed by atoms with van der Waals surface area (Å²) in [5, 5.41) is 2.53. The maximum absolute atomic E-state index is 5.30. The van der Waals surface area contributed by atoms with Gasteiger partial charge in [-0.3, -0.25) is 0 Å². The first kappa shape index (κ1) is 13.4. The van der Waals surface area contributed by atoms with E-state index in [0.29, 0.717) is 0 Å². The Labute approximate surface area is 111 Å². The Kier molecular flexibility index (Phi) is 4.65. The Morgan fingerprint density at radius 1 is 1.28 bits per heavy atom. The van der Waals surface area contributed by atoms with E-state index in [2.05, 4.69) is 37.4 Å². The van der Waals surface area contributed by atoms with Crippen LogP contribution in [0.15, 0.2) is 18.2 Å². The number of benzene rings is 1. The Bertz CT molecular complexity index is 389. The predicted molar refractivity (Wildman–Crippen MR) is 74.8 cm³/mol. The lowest BCUT2D eigenvalue weighted by Crippen LogP contribution is -2.90. The highest BCUT2D eigenvalue weighted by molar-refractivity contribution is 5.35. The predicted octanol–water partition coefficient (Wildman–Crippen LogP) is 2.65. The van der Waals surface area contributed by atoms with Gasteiger partial charge in [0, 0.05) is 11.5 Å². The molecule has 2 N–H and O–H groups in total. The summed E-state index contributed by atoms with van der Waals surface area (Å²) in [5.74, 6) is 1.86. The number of aryl methyl sites for hydroxylation is 1. The first-order valence-corrected chi connectivity index (χ1v) is 7.17. The van der Waals surface area contributed by atoms with Crippen LogP contribution < -0.4 is 10.1 Å². The smallest absolute Gasteiger partial charge is 0.121 e. The van der Waals surface area contributed by atoms with Crippen molar-refractivity contribution in [2.45, 2.75) is 52.1 Å². The van der Waals surface area contributed by atoms with E-state index in [9.17, 15) is 0 Å². The molecule has 0 bridgehead atoms. The fourth-order valence-corrected chi connectivity index (χ4v) is 3.05. The SMILES string of the molecule is COc1ccc(C[NH2+][C@@H]2CCCC[C@H]2C)cc1C. The van der Waals surface area contributed by atoms with Gasteiger partial charge in [0.05, 0.1) is 13.2 Å². The molecule has 100 valence electrons. The standard InChI is InChI=1S/C16H25NO/c1-12-6-4-5-7-15(12)17-11-14-8-9-16(18-3)13(2)10-14/h8-10,12,15,17H,4-7,11H2,1-3H3/p+1/t12-,15-/m1/s1. The molecule has 1 saturated carbocycles. The van der Waals surface area contributed by atoms with Gasteiger partial charge in [-0.05, 0) is 49.9 Å². The third kappa shape index (κ3) is 3.26. The van der Waals surface area contributed by atoms with Gasteiger partial charge < -0.3 is 10.1 Å². The minimum Gasteiger partial charge on any atom is -0.496 e. The van der Waals surface area contributed by atoms with Gasteiger partial charge in [0.2, 0.25) is 0 Å². The van der Waals surface area contributed by atoms with Gasteiger partial charge in [0.15, 0.2) is 0 Å². The number of rotatable bonds is 4. The maximum Gasteiger partial charge on any atom is 0.121 e. The van der Waals surface area contributed by atoms with Gasteiger partial charge in [-0.25, -0.2) is 0 Å². The molecule has 0 spiro atoms. The van der Waals surface area contributed by atoms with Crippen molar-refractivity contribution in [3.05, 3.63) is 29.3 Å². The van der Waals surface area contributed by atoms with Gasteiger partial charge in [-0.2, -0.15) is 0 Å². The summed E-state index contributed by atoms with van der Waals surface area (Å²) in [6.45, 7) is 5.62. The lowest BCUT2D eigenvalue weighted by atomic mass is 9.86. The highest BCUT2D eigenvalue weighted by atomic mass is 16.5. The van der Waals surface area contributed by atoms with Crippen LogP contribution in [0.3, 0.4) is 0 Å². The van der Waals surface area contributed by atoms with Crippen LogP contribution in [0.4, 0.5) is 0 Å². The molecule has 0 amide bonds. The molecule has 1 aliphatic carbocycles. The molecule has 1 aromatic rings. The fraction of sp³-hybridized carbons (Fsp3) is 0.625. The van der Waals surface area contributed by atoms with Crippen molar-refractivity contribution in [2.24, 2.45) is 5.92 Å². The zero-order valence-electron chi connectivity index (χ0n) is 11.9. The average Bonchev–Trinajstić information content (AvgIpc) is 2.38. The minimum atomic E-state index is 0.821. The summed E-state index contributed by atoms with van der Waals surface area (Å²) in [6.07, 6.45) is 5.62. The highest BCUT2D eigenvalue weighted by Crippen LogP contribution is 2.22. The van der Waals surface area contributed by atoms with Crippen LogP contribution in [0.2, 0.25) is 0 Å². The van der Waals surface area contributed by atoms with E-state index in [-0.39, 0.29) is 0 Å². The molecule has 2 nitrogen and oxygen atoms in total. The summed E-state index contributed by atoms with van der Waals surface area (Å²) in [5.41, 5.74) is 2.64. The Morgan fingerprint density at radius 3 is 2.72 bits per heavy atom. The van der Waals surface area contributed by atoms with E-state index in [1.54, 1.807) is 7.11 Å². The van der Waals surface area contributed by atoms with Gasteiger partial charge in [-0.1, -0.05) is 13.3 Å². The molecule has 0 heterocycles. The van der Waals surface area contributed by atoms with Crippen LogP contribution in [0, 0.1) is 12.8 Å². The first-order valence-electron chi connectivity index (χ1n) is 7.17. The lowest BCUT2D eigenvalue weighted by Gasteiger charge is -2.26. The van der Waals surface area contributed by atoms with E-state index in [1.807, 2.05) is 0 Å². The zero-order chi connectivity index (χ0) is 13.0. The van der Waals surface area contributed by atoms with E-state index < -0.39 is 0 Å². The second-order valence-electron chi connectivity index (χ2n) is 5.67. The summed E-state index contributed by atoms with van der Waals surface area (Å²) in [6, 6.07) is 7.35. The van der Waals surface area contributed by atoms with Crippen LogP contribution in [0.1, 0.15) is 43.7 Å². The van der Waals surface area contributed by atoms with Crippen LogP contribution in [-0.2, 0) is 6.54 Å². The number of hydrogen-bond donors (Lipinski definition) is 1. The largest absolute Gasteiger partial charge is 0.496 e. The molecule has 0 radical (unpaired) electrons. The Morgan fingerprint density at radius 2 is 2.06 bits per heavy atom. The molecule has 2 heteroatoms. The normalized spacial score (nSPS) is 23.9. The van der Waals surface area contributed by atoms with Crippen molar-refractivity contribution in [1.29, 1.82) is 0 Å².